The Hall–Kier alpha value is -0.850. The molecule has 108 valence electrons. The highest BCUT2D eigenvalue weighted by Gasteiger charge is 2.02. The van der Waals surface area contributed by atoms with Gasteiger partial charge in [-0.1, -0.05) is 32.0 Å². The lowest BCUT2D eigenvalue weighted by Gasteiger charge is -2.13. The van der Waals surface area contributed by atoms with E-state index in [9.17, 15) is 4.39 Å². The molecule has 1 aromatic rings. The van der Waals surface area contributed by atoms with Crippen molar-refractivity contribution in [1.82, 2.24) is 10.6 Å². The fourth-order valence-corrected chi connectivity index (χ4v) is 1.43. The molecule has 0 saturated heterocycles. The van der Waals surface area contributed by atoms with E-state index in [2.05, 4.69) is 29.5 Å². The van der Waals surface area contributed by atoms with E-state index in [1.54, 1.807) is 12.1 Å². The van der Waals surface area contributed by atoms with Crippen LogP contribution in [0.25, 0.3) is 0 Å². The number of aliphatic imine (C=N–C) groups is 1. The molecule has 0 heterocycles. The summed E-state index contributed by atoms with van der Waals surface area (Å²) in [5, 5.41) is 6.37. The molecule has 0 amide bonds. The fraction of sp³-hybridized carbons (Fsp3) is 0.500. The molecule has 0 atom stereocenters. The first-order chi connectivity index (χ1) is 8.63. The highest BCUT2D eigenvalue weighted by atomic mass is 127. The van der Waals surface area contributed by atoms with Gasteiger partial charge in [-0.2, -0.15) is 0 Å². The zero-order valence-corrected chi connectivity index (χ0v) is 14.1. The Kier molecular flexibility index (Phi) is 9.55. The van der Waals surface area contributed by atoms with Crippen molar-refractivity contribution in [1.29, 1.82) is 0 Å². The number of guanidine groups is 1. The van der Waals surface area contributed by atoms with Crippen molar-refractivity contribution in [3.8, 4) is 0 Å². The minimum atomic E-state index is -0.207. The van der Waals surface area contributed by atoms with Crippen LogP contribution in [0, 0.1) is 11.7 Å². The summed E-state index contributed by atoms with van der Waals surface area (Å²) in [6.45, 7) is 8.26. The molecule has 0 bridgehead atoms. The monoisotopic (exact) mass is 379 g/mol. The van der Waals surface area contributed by atoms with E-state index in [-0.39, 0.29) is 29.8 Å². The van der Waals surface area contributed by atoms with Crippen molar-refractivity contribution < 1.29 is 4.39 Å². The summed E-state index contributed by atoms with van der Waals surface area (Å²) in [7, 11) is 0. The lowest BCUT2D eigenvalue weighted by atomic mass is 10.2. The minimum absolute atomic E-state index is 0. The Labute approximate surface area is 132 Å². The van der Waals surface area contributed by atoms with Crippen molar-refractivity contribution >= 4 is 29.9 Å². The second-order valence-corrected chi connectivity index (χ2v) is 4.56. The molecule has 1 rings (SSSR count). The molecule has 0 aliphatic carbocycles. The maximum absolute atomic E-state index is 13.4. The standard InChI is InChI=1S/C14H22FN3.HI/c1-4-16-14(17-9-11(2)3)18-10-12-7-5-6-8-13(12)15;/h5-8,11H,4,9-10H2,1-3H3,(H2,16,17,18);1H. The van der Waals surface area contributed by atoms with Gasteiger partial charge in [0.1, 0.15) is 5.82 Å². The predicted octanol–water partition coefficient (Wildman–Crippen LogP) is 3.15. The van der Waals surface area contributed by atoms with Gasteiger partial charge in [0.25, 0.3) is 0 Å². The van der Waals surface area contributed by atoms with Crippen LogP contribution < -0.4 is 10.6 Å². The smallest absolute Gasteiger partial charge is 0.191 e. The second kappa shape index (κ2) is 10.00. The Morgan fingerprint density at radius 3 is 2.53 bits per heavy atom. The third-order valence-electron chi connectivity index (χ3n) is 2.39. The molecular weight excluding hydrogens is 356 g/mol. The summed E-state index contributed by atoms with van der Waals surface area (Å²) < 4.78 is 13.4. The van der Waals surface area contributed by atoms with Crippen LogP contribution in [0.5, 0.6) is 0 Å². The number of nitrogens with one attached hydrogen (secondary N) is 2. The molecule has 19 heavy (non-hydrogen) atoms. The van der Waals surface area contributed by atoms with E-state index in [0.717, 1.165) is 19.0 Å². The Morgan fingerprint density at radius 1 is 1.26 bits per heavy atom. The van der Waals surface area contributed by atoms with Crippen molar-refractivity contribution in [2.45, 2.75) is 27.3 Å². The lowest BCUT2D eigenvalue weighted by Crippen LogP contribution is -2.39. The van der Waals surface area contributed by atoms with Gasteiger partial charge in [0.15, 0.2) is 5.96 Å². The SMILES string of the molecule is CCNC(=NCc1ccccc1F)NCC(C)C.I. The zero-order valence-electron chi connectivity index (χ0n) is 11.7. The van der Waals surface area contributed by atoms with Gasteiger partial charge >= 0.3 is 0 Å². The summed E-state index contributed by atoms with van der Waals surface area (Å²) in [6, 6.07) is 6.72. The third-order valence-corrected chi connectivity index (χ3v) is 2.39. The van der Waals surface area contributed by atoms with E-state index < -0.39 is 0 Å². The van der Waals surface area contributed by atoms with E-state index in [1.165, 1.54) is 6.07 Å². The molecule has 2 N–H and O–H groups in total. The summed E-state index contributed by atoms with van der Waals surface area (Å²) in [6.07, 6.45) is 0. The molecule has 0 unspecified atom stereocenters. The Balaban J connectivity index is 0.00000324. The van der Waals surface area contributed by atoms with Gasteiger partial charge < -0.3 is 10.6 Å². The normalized spacial score (nSPS) is 11.1. The summed E-state index contributed by atoms with van der Waals surface area (Å²) in [4.78, 5) is 4.37. The van der Waals surface area contributed by atoms with Gasteiger partial charge in [0, 0.05) is 18.7 Å². The molecule has 0 fully saturated rings. The maximum atomic E-state index is 13.4. The highest BCUT2D eigenvalue weighted by molar-refractivity contribution is 14.0. The molecule has 0 aliphatic rings. The summed E-state index contributed by atoms with van der Waals surface area (Å²) in [5.41, 5.74) is 0.610. The van der Waals surface area contributed by atoms with Gasteiger partial charge in [0.2, 0.25) is 0 Å². The lowest BCUT2D eigenvalue weighted by molar-refractivity contribution is 0.605. The molecule has 0 aliphatic heterocycles. The summed E-state index contributed by atoms with van der Waals surface area (Å²) in [5.74, 6) is 1.07. The first kappa shape index (κ1) is 18.1. The number of halogens is 2. The molecule has 0 radical (unpaired) electrons. The number of nitrogens with zero attached hydrogens (tertiary/aromatic N) is 1. The molecule has 0 aromatic heterocycles. The Bertz CT molecular complexity index is 394. The average molecular weight is 379 g/mol. The van der Waals surface area contributed by atoms with Crippen molar-refractivity contribution in [2.75, 3.05) is 13.1 Å². The number of hydrogen-bond donors (Lipinski definition) is 2. The number of hydrogen-bond acceptors (Lipinski definition) is 1. The number of benzene rings is 1. The van der Waals surface area contributed by atoms with Gasteiger partial charge in [-0.3, -0.25) is 0 Å². The van der Waals surface area contributed by atoms with Crippen molar-refractivity contribution in [2.24, 2.45) is 10.9 Å². The van der Waals surface area contributed by atoms with E-state index >= 15 is 0 Å². The first-order valence-corrected chi connectivity index (χ1v) is 6.39. The molecule has 3 nitrogen and oxygen atoms in total. The van der Waals surface area contributed by atoms with Gasteiger partial charge in [-0.15, -0.1) is 24.0 Å². The highest BCUT2D eigenvalue weighted by Crippen LogP contribution is 2.07. The van der Waals surface area contributed by atoms with Crippen molar-refractivity contribution in [3.05, 3.63) is 35.6 Å². The maximum Gasteiger partial charge on any atom is 0.191 e. The van der Waals surface area contributed by atoms with Crippen LogP contribution in [0.15, 0.2) is 29.3 Å². The second-order valence-electron chi connectivity index (χ2n) is 4.56. The fourth-order valence-electron chi connectivity index (χ4n) is 1.43. The molecule has 0 saturated carbocycles. The van der Waals surface area contributed by atoms with Gasteiger partial charge in [-0.05, 0) is 18.9 Å². The summed E-state index contributed by atoms with van der Waals surface area (Å²) >= 11 is 0. The molecule has 1 aromatic carbocycles. The van der Waals surface area contributed by atoms with Crippen LogP contribution in [0.2, 0.25) is 0 Å². The van der Waals surface area contributed by atoms with E-state index in [1.807, 2.05) is 13.0 Å². The zero-order chi connectivity index (χ0) is 13.4. The van der Waals surface area contributed by atoms with Crippen molar-refractivity contribution in [3.63, 3.8) is 0 Å². The van der Waals surface area contributed by atoms with E-state index in [0.29, 0.717) is 18.0 Å². The predicted molar refractivity (Wildman–Crippen MR) is 89.5 cm³/mol. The minimum Gasteiger partial charge on any atom is -0.357 e. The molecular formula is C14H23FIN3. The number of rotatable bonds is 5. The van der Waals surface area contributed by atoms with Gasteiger partial charge in [0.05, 0.1) is 6.54 Å². The topological polar surface area (TPSA) is 36.4 Å². The molecule has 5 heteroatoms. The van der Waals surface area contributed by atoms with E-state index in [4.69, 9.17) is 0 Å². The van der Waals surface area contributed by atoms with Crippen LogP contribution in [-0.2, 0) is 6.54 Å². The van der Waals surface area contributed by atoms with Crippen LogP contribution in [0.3, 0.4) is 0 Å². The third kappa shape index (κ3) is 7.34. The van der Waals surface area contributed by atoms with Crippen LogP contribution in [0.4, 0.5) is 4.39 Å². The van der Waals surface area contributed by atoms with Crippen LogP contribution in [0.1, 0.15) is 26.3 Å². The average Bonchev–Trinajstić information content (AvgIpc) is 2.34. The quantitative estimate of drug-likeness (QED) is 0.469. The largest absolute Gasteiger partial charge is 0.357 e. The molecule has 0 spiro atoms. The first-order valence-electron chi connectivity index (χ1n) is 6.39. The van der Waals surface area contributed by atoms with Crippen LogP contribution >= 0.6 is 24.0 Å². The Morgan fingerprint density at radius 2 is 1.95 bits per heavy atom. The van der Waals surface area contributed by atoms with Crippen LogP contribution in [-0.4, -0.2) is 19.0 Å². The van der Waals surface area contributed by atoms with Gasteiger partial charge in [-0.25, -0.2) is 9.38 Å².